The van der Waals surface area contributed by atoms with E-state index in [1.165, 1.54) is 5.69 Å². The SMILES string of the molecule is [2H]C([2H])([2H])c1cc([Si]2(c3cccc(Oc4cccc(N5CN(C)c6ccccc65)c4)c3)c3ccccc3-c3ccccc32)ncc1-c1c(-n2c3ccccc3c3ccccc32)cccc1-n1c2ccccc2c2ccccc21. The zero-order chi connectivity index (χ0) is 52.3. The minimum Gasteiger partial charge on any atom is -0.457 e. The summed E-state index contributed by atoms with van der Waals surface area (Å²) in [5.74, 6) is 1.40. The molecule has 6 nitrogen and oxygen atoms in total. The van der Waals surface area contributed by atoms with Crippen molar-refractivity contribution in [2.45, 2.75) is 6.85 Å². The van der Waals surface area contributed by atoms with E-state index in [2.05, 4.69) is 244 Å². The van der Waals surface area contributed by atoms with E-state index < -0.39 is 14.9 Å². The van der Waals surface area contributed by atoms with Gasteiger partial charge in [-0.05, 0) is 118 Å². The van der Waals surface area contributed by atoms with Crippen molar-refractivity contribution in [1.82, 2.24) is 14.1 Å². The van der Waals surface area contributed by atoms with Gasteiger partial charge in [-0.25, -0.2) is 0 Å². The Morgan fingerprint density at radius 2 is 0.933 bits per heavy atom. The predicted molar refractivity (Wildman–Crippen MR) is 314 cm³/mol. The molecule has 0 N–H and O–H groups in total. The van der Waals surface area contributed by atoms with Crippen LogP contribution < -0.4 is 35.4 Å². The van der Waals surface area contributed by atoms with Crippen molar-refractivity contribution in [3.63, 3.8) is 0 Å². The highest BCUT2D eigenvalue weighted by atomic mass is 28.3. The maximum Gasteiger partial charge on any atom is 0.203 e. The Bertz CT molecular complexity index is 4290. The molecule has 0 radical (unpaired) electrons. The zero-order valence-electron chi connectivity index (χ0n) is 44.0. The Kier molecular flexibility index (Phi) is 8.99. The molecule has 75 heavy (non-hydrogen) atoms. The largest absolute Gasteiger partial charge is 0.457 e. The average Bonchev–Trinajstić information content (AvgIpc) is 4.39. The molecule has 0 fully saturated rings. The van der Waals surface area contributed by atoms with E-state index in [1.54, 1.807) is 0 Å². The molecule has 0 saturated carbocycles. The minimum absolute atomic E-state index is 0.231. The highest BCUT2D eigenvalue weighted by Gasteiger charge is 2.50. The molecule has 10 aromatic carbocycles. The highest BCUT2D eigenvalue weighted by Crippen LogP contribution is 2.44. The highest BCUT2D eigenvalue weighted by molar-refractivity contribution is 7.21. The van der Waals surface area contributed by atoms with Crippen LogP contribution in [0.3, 0.4) is 0 Å². The van der Waals surface area contributed by atoms with E-state index in [-0.39, 0.29) is 5.56 Å². The minimum atomic E-state index is -3.43. The first kappa shape index (κ1) is 40.1. The third-order valence-corrected chi connectivity index (χ3v) is 20.4. The lowest BCUT2D eigenvalue weighted by atomic mass is 9.98. The van der Waals surface area contributed by atoms with Gasteiger partial charge in [0.05, 0.1) is 51.5 Å². The molecule has 0 saturated heterocycles. The van der Waals surface area contributed by atoms with Crippen molar-refractivity contribution in [1.29, 1.82) is 0 Å². The van der Waals surface area contributed by atoms with Crippen molar-refractivity contribution in [3.05, 3.63) is 254 Å². The Hall–Kier alpha value is -9.43. The van der Waals surface area contributed by atoms with Crippen molar-refractivity contribution >= 4 is 89.6 Å². The first-order valence-electron chi connectivity index (χ1n) is 27.0. The number of para-hydroxylation sites is 6. The summed E-state index contributed by atoms with van der Waals surface area (Å²) >= 11 is 0. The first-order valence-corrected chi connectivity index (χ1v) is 27.5. The van der Waals surface area contributed by atoms with Crippen LogP contribution in [0, 0.1) is 6.85 Å². The standard InChI is InChI=1S/C68H49N5OSi/c1-45-40-67(69-43-56(45)68-63(72-57-30-9-3-24-50(57)51-25-4-10-31-58(51)72)36-19-37-64(68)73-59-32-11-5-26-52(59)53-27-6-12-33-60(53)73)75(65-38-15-7-28-54(65)55-29-8-16-39-66(55)75)49-23-18-22-48(42-49)74-47-21-17-20-46(41-47)71-44-70(2)61-34-13-14-35-62(61)71/h3-43H,44H2,1-2H3/i1D3. The van der Waals surface area contributed by atoms with Crippen LogP contribution in [0.25, 0.3) is 77.2 Å². The second kappa shape index (κ2) is 16.8. The van der Waals surface area contributed by atoms with Crippen LogP contribution in [-0.4, -0.2) is 35.9 Å². The van der Waals surface area contributed by atoms with Gasteiger partial charge >= 0.3 is 0 Å². The molecule has 2 aliphatic rings. The number of hydrogen-bond acceptors (Lipinski definition) is 4. The Morgan fingerprint density at radius 3 is 1.52 bits per heavy atom. The topological polar surface area (TPSA) is 38.5 Å². The molecule has 0 aliphatic carbocycles. The van der Waals surface area contributed by atoms with Gasteiger partial charge in [-0.1, -0.05) is 158 Å². The van der Waals surface area contributed by atoms with Gasteiger partial charge in [-0.15, -0.1) is 0 Å². The monoisotopic (exact) mass is 982 g/mol. The van der Waals surface area contributed by atoms with Gasteiger partial charge in [-0.3, -0.25) is 4.98 Å². The lowest BCUT2D eigenvalue weighted by Gasteiger charge is -2.31. The maximum atomic E-state index is 9.67. The summed E-state index contributed by atoms with van der Waals surface area (Å²) in [6, 6.07) is 84.6. The number of pyridine rings is 1. The third kappa shape index (κ3) is 6.41. The van der Waals surface area contributed by atoms with Gasteiger partial charge in [0, 0.05) is 67.1 Å². The predicted octanol–water partition coefficient (Wildman–Crippen LogP) is 13.9. The van der Waals surface area contributed by atoms with Crippen LogP contribution in [0.5, 0.6) is 11.5 Å². The second-order valence-corrected chi connectivity index (χ2v) is 23.4. The number of hydrogen-bond donors (Lipinski definition) is 0. The molecule has 2 aliphatic heterocycles. The molecule has 5 heterocycles. The number of aromatic nitrogens is 3. The normalized spacial score (nSPS) is 14.2. The number of anilines is 3. The Labute approximate surface area is 440 Å². The summed E-state index contributed by atoms with van der Waals surface area (Å²) in [5.41, 5.74) is 13.0. The molecule has 0 atom stereocenters. The Balaban J connectivity index is 0.970. The van der Waals surface area contributed by atoms with Crippen LogP contribution in [0.4, 0.5) is 17.1 Å². The molecule has 356 valence electrons. The van der Waals surface area contributed by atoms with Crippen molar-refractivity contribution in [3.8, 4) is 45.1 Å². The maximum absolute atomic E-state index is 9.67. The van der Waals surface area contributed by atoms with E-state index in [1.807, 2.05) is 30.5 Å². The fraction of sp³-hybridized carbons (Fsp3) is 0.0441. The molecule has 0 spiro atoms. The van der Waals surface area contributed by atoms with Crippen LogP contribution in [0.1, 0.15) is 9.68 Å². The summed E-state index contributed by atoms with van der Waals surface area (Å²) in [6.45, 7) is -1.85. The number of fused-ring (bicyclic) bond motifs is 10. The fourth-order valence-corrected chi connectivity index (χ4v) is 17.6. The number of benzene rings is 10. The summed E-state index contributed by atoms with van der Waals surface area (Å²) in [7, 11) is -1.32. The van der Waals surface area contributed by atoms with E-state index in [0.717, 1.165) is 111 Å². The third-order valence-electron chi connectivity index (χ3n) is 15.7. The summed E-state index contributed by atoms with van der Waals surface area (Å²) in [6.07, 6.45) is 1.87. The molecular formula is C68H49N5OSi. The van der Waals surface area contributed by atoms with Gasteiger partial charge in [-0.2, -0.15) is 0 Å². The van der Waals surface area contributed by atoms with Gasteiger partial charge in [0.2, 0.25) is 8.07 Å². The quantitative estimate of drug-likeness (QED) is 0.142. The van der Waals surface area contributed by atoms with E-state index >= 15 is 0 Å². The Morgan fingerprint density at radius 1 is 0.453 bits per heavy atom. The molecule has 0 unspecified atom stereocenters. The van der Waals surface area contributed by atoms with Crippen LogP contribution >= 0.6 is 0 Å². The van der Waals surface area contributed by atoms with Crippen molar-refractivity contribution in [2.24, 2.45) is 0 Å². The average molecular weight is 983 g/mol. The van der Waals surface area contributed by atoms with Gasteiger partial charge in [0.15, 0.2) is 0 Å². The lowest BCUT2D eigenvalue weighted by molar-refractivity contribution is 0.483. The van der Waals surface area contributed by atoms with E-state index in [4.69, 9.17) is 9.72 Å². The van der Waals surface area contributed by atoms with Gasteiger partial charge < -0.3 is 23.7 Å². The second-order valence-electron chi connectivity index (χ2n) is 19.8. The molecule has 15 rings (SSSR count). The fourth-order valence-electron chi connectivity index (χ4n) is 12.6. The molecule has 13 aromatic rings. The zero-order valence-corrected chi connectivity index (χ0v) is 42.0. The van der Waals surface area contributed by atoms with Crippen LogP contribution in [0.2, 0.25) is 0 Å². The molecular weight excluding hydrogens is 931 g/mol. The van der Waals surface area contributed by atoms with Crippen molar-refractivity contribution < 1.29 is 8.85 Å². The smallest absolute Gasteiger partial charge is 0.203 e. The number of nitrogens with zero attached hydrogens (tertiary/aromatic N) is 5. The molecule has 0 amide bonds. The lowest BCUT2D eigenvalue weighted by Crippen LogP contribution is -2.73. The summed E-state index contributed by atoms with van der Waals surface area (Å²) in [4.78, 5) is 10.2. The first-order chi connectivity index (χ1) is 38.3. The van der Waals surface area contributed by atoms with Crippen LogP contribution in [-0.2, 0) is 0 Å². The molecule has 3 aromatic heterocycles. The summed E-state index contributed by atoms with van der Waals surface area (Å²) < 4.78 is 40.5. The van der Waals surface area contributed by atoms with Gasteiger partial charge in [0.25, 0.3) is 0 Å². The molecule has 0 bridgehead atoms. The number of aryl methyl sites for hydroxylation is 1. The molecule has 7 heteroatoms. The van der Waals surface area contributed by atoms with Gasteiger partial charge in [0.1, 0.15) is 11.5 Å². The van der Waals surface area contributed by atoms with Crippen LogP contribution in [0.15, 0.2) is 249 Å². The number of ether oxygens (including phenoxy) is 1. The van der Waals surface area contributed by atoms with E-state index in [0.29, 0.717) is 17.1 Å². The van der Waals surface area contributed by atoms with E-state index in [9.17, 15) is 4.11 Å². The van der Waals surface area contributed by atoms with Crippen molar-refractivity contribution in [2.75, 3.05) is 23.5 Å². The number of rotatable bonds is 8. The summed E-state index contributed by atoms with van der Waals surface area (Å²) in [5, 5.41) is 8.52.